The summed E-state index contributed by atoms with van der Waals surface area (Å²) in [5.74, 6) is -1.29. The van der Waals surface area contributed by atoms with Crippen LogP contribution in [-0.4, -0.2) is 21.2 Å². The van der Waals surface area contributed by atoms with Gasteiger partial charge in [-0.05, 0) is 18.6 Å². The van der Waals surface area contributed by atoms with Gasteiger partial charge in [-0.15, -0.1) is 0 Å². The molecule has 13 heavy (non-hydrogen) atoms. The Morgan fingerprint density at radius 3 is 2.85 bits per heavy atom. The summed E-state index contributed by atoms with van der Waals surface area (Å²) in [7, 11) is 0. The Bertz CT molecular complexity index is 338. The molecule has 0 aliphatic rings. The standard InChI is InChI=1S/C8H10N2O3/c1-4-2-5(6(11)8(12)13)7(9)10-3-4/h2-3,6,11H,1H3,(H2,9,10)(H,12,13). The lowest BCUT2D eigenvalue weighted by Crippen LogP contribution is -2.13. The number of nitrogens with two attached hydrogens (primary N) is 1. The highest BCUT2D eigenvalue weighted by atomic mass is 16.4. The van der Waals surface area contributed by atoms with Crippen molar-refractivity contribution in [2.75, 3.05) is 5.73 Å². The topological polar surface area (TPSA) is 96.4 Å². The summed E-state index contributed by atoms with van der Waals surface area (Å²) in [6, 6.07) is 1.50. The number of aliphatic carboxylic acids is 1. The number of aromatic nitrogens is 1. The monoisotopic (exact) mass is 182 g/mol. The Balaban J connectivity index is 3.12. The van der Waals surface area contributed by atoms with Crippen LogP contribution in [0.15, 0.2) is 12.3 Å². The van der Waals surface area contributed by atoms with Crippen LogP contribution >= 0.6 is 0 Å². The number of hydrogen-bond acceptors (Lipinski definition) is 4. The third kappa shape index (κ3) is 1.94. The van der Waals surface area contributed by atoms with Crippen molar-refractivity contribution >= 4 is 11.8 Å². The number of anilines is 1. The second kappa shape index (κ2) is 3.40. The molecular weight excluding hydrogens is 172 g/mol. The zero-order valence-electron chi connectivity index (χ0n) is 7.06. The highest BCUT2D eigenvalue weighted by Crippen LogP contribution is 2.19. The molecule has 1 unspecified atom stereocenters. The lowest BCUT2D eigenvalue weighted by molar-refractivity contribution is -0.146. The minimum Gasteiger partial charge on any atom is -0.479 e. The summed E-state index contributed by atoms with van der Waals surface area (Å²) in [4.78, 5) is 14.2. The maximum absolute atomic E-state index is 10.4. The Morgan fingerprint density at radius 2 is 2.31 bits per heavy atom. The number of aliphatic hydroxyl groups excluding tert-OH is 1. The highest BCUT2D eigenvalue weighted by molar-refractivity contribution is 5.76. The molecule has 0 aliphatic heterocycles. The predicted molar refractivity (Wildman–Crippen MR) is 46.0 cm³/mol. The molecule has 0 bridgehead atoms. The van der Waals surface area contributed by atoms with Crippen LogP contribution in [0.5, 0.6) is 0 Å². The number of rotatable bonds is 2. The van der Waals surface area contributed by atoms with E-state index in [1.807, 2.05) is 0 Å². The van der Waals surface area contributed by atoms with Crippen LogP contribution < -0.4 is 5.73 Å². The largest absolute Gasteiger partial charge is 0.479 e. The zero-order chi connectivity index (χ0) is 10.0. The maximum Gasteiger partial charge on any atom is 0.337 e. The molecular formula is C8H10N2O3. The summed E-state index contributed by atoms with van der Waals surface area (Å²) in [5.41, 5.74) is 6.28. The smallest absolute Gasteiger partial charge is 0.337 e. The first-order valence-electron chi connectivity index (χ1n) is 3.65. The second-order valence-corrected chi connectivity index (χ2v) is 2.73. The predicted octanol–water partition coefficient (Wildman–Crippen LogP) is 0.0902. The molecule has 1 atom stereocenters. The van der Waals surface area contributed by atoms with Crippen LogP contribution in [0.4, 0.5) is 5.82 Å². The molecule has 0 aromatic carbocycles. The Hall–Kier alpha value is -1.62. The number of pyridine rings is 1. The van der Waals surface area contributed by atoms with Gasteiger partial charge in [0.1, 0.15) is 5.82 Å². The SMILES string of the molecule is Cc1cnc(N)c(C(O)C(=O)O)c1. The van der Waals surface area contributed by atoms with Crippen LogP contribution in [0, 0.1) is 6.92 Å². The number of carboxylic acids is 1. The van der Waals surface area contributed by atoms with Gasteiger partial charge in [-0.25, -0.2) is 9.78 Å². The maximum atomic E-state index is 10.4. The lowest BCUT2D eigenvalue weighted by Gasteiger charge is -2.08. The van der Waals surface area contributed by atoms with Gasteiger partial charge in [0.15, 0.2) is 6.10 Å². The quantitative estimate of drug-likeness (QED) is 0.602. The molecule has 5 nitrogen and oxygen atoms in total. The number of aryl methyl sites for hydroxylation is 1. The number of nitrogen functional groups attached to an aromatic ring is 1. The fourth-order valence-corrected chi connectivity index (χ4v) is 0.954. The molecule has 0 saturated heterocycles. The van der Waals surface area contributed by atoms with Crippen molar-refractivity contribution in [3.8, 4) is 0 Å². The Morgan fingerprint density at radius 1 is 1.69 bits per heavy atom. The van der Waals surface area contributed by atoms with E-state index in [-0.39, 0.29) is 11.4 Å². The van der Waals surface area contributed by atoms with Crippen LogP contribution in [0.2, 0.25) is 0 Å². The summed E-state index contributed by atoms with van der Waals surface area (Å²) in [5, 5.41) is 17.7. The number of carboxylic acid groups (broad SMARTS) is 1. The third-order valence-electron chi connectivity index (χ3n) is 1.61. The Labute approximate surface area is 74.8 Å². The summed E-state index contributed by atoms with van der Waals surface area (Å²) in [6.45, 7) is 1.74. The molecule has 0 fully saturated rings. The van der Waals surface area contributed by atoms with E-state index in [4.69, 9.17) is 10.8 Å². The van der Waals surface area contributed by atoms with Gasteiger partial charge in [0.2, 0.25) is 0 Å². The van der Waals surface area contributed by atoms with Crippen molar-refractivity contribution in [1.82, 2.24) is 4.98 Å². The van der Waals surface area contributed by atoms with E-state index < -0.39 is 12.1 Å². The van der Waals surface area contributed by atoms with Gasteiger partial charge in [-0.2, -0.15) is 0 Å². The van der Waals surface area contributed by atoms with E-state index in [0.717, 1.165) is 5.56 Å². The molecule has 1 aromatic rings. The second-order valence-electron chi connectivity index (χ2n) is 2.73. The van der Waals surface area contributed by atoms with E-state index in [0.29, 0.717) is 0 Å². The van der Waals surface area contributed by atoms with Crippen LogP contribution in [0.25, 0.3) is 0 Å². The molecule has 0 amide bonds. The fraction of sp³-hybridized carbons (Fsp3) is 0.250. The number of nitrogens with zero attached hydrogens (tertiary/aromatic N) is 1. The van der Waals surface area contributed by atoms with Gasteiger partial charge >= 0.3 is 5.97 Å². The van der Waals surface area contributed by atoms with Crippen LogP contribution in [-0.2, 0) is 4.79 Å². The van der Waals surface area contributed by atoms with Gasteiger partial charge < -0.3 is 15.9 Å². The van der Waals surface area contributed by atoms with Gasteiger partial charge in [0, 0.05) is 11.8 Å². The van der Waals surface area contributed by atoms with Crippen molar-refractivity contribution in [2.24, 2.45) is 0 Å². The summed E-state index contributed by atoms with van der Waals surface area (Å²) in [6.07, 6.45) is -0.0969. The number of aliphatic hydroxyl groups is 1. The molecule has 5 heteroatoms. The first-order chi connectivity index (χ1) is 6.02. The lowest BCUT2D eigenvalue weighted by atomic mass is 10.1. The van der Waals surface area contributed by atoms with E-state index >= 15 is 0 Å². The van der Waals surface area contributed by atoms with Gasteiger partial charge in [0.05, 0.1) is 0 Å². The first kappa shape index (κ1) is 9.47. The molecule has 1 heterocycles. The summed E-state index contributed by atoms with van der Waals surface area (Å²) < 4.78 is 0. The average Bonchev–Trinajstić information content (AvgIpc) is 2.08. The third-order valence-corrected chi connectivity index (χ3v) is 1.61. The van der Waals surface area contributed by atoms with E-state index in [9.17, 15) is 9.90 Å². The van der Waals surface area contributed by atoms with Crippen molar-refractivity contribution in [3.05, 3.63) is 23.4 Å². The number of hydrogen-bond donors (Lipinski definition) is 3. The van der Waals surface area contributed by atoms with E-state index in [1.54, 1.807) is 6.92 Å². The highest BCUT2D eigenvalue weighted by Gasteiger charge is 2.19. The zero-order valence-corrected chi connectivity index (χ0v) is 7.06. The molecule has 70 valence electrons. The van der Waals surface area contributed by atoms with Crippen LogP contribution in [0.3, 0.4) is 0 Å². The summed E-state index contributed by atoms with van der Waals surface area (Å²) >= 11 is 0. The average molecular weight is 182 g/mol. The van der Waals surface area contributed by atoms with Crippen molar-refractivity contribution in [2.45, 2.75) is 13.0 Å². The van der Waals surface area contributed by atoms with Gasteiger partial charge in [0.25, 0.3) is 0 Å². The molecule has 0 aliphatic carbocycles. The molecule has 4 N–H and O–H groups in total. The van der Waals surface area contributed by atoms with Crippen molar-refractivity contribution in [3.63, 3.8) is 0 Å². The van der Waals surface area contributed by atoms with Crippen LogP contribution in [0.1, 0.15) is 17.2 Å². The van der Waals surface area contributed by atoms with Crippen molar-refractivity contribution < 1.29 is 15.0 Å². The van der Waals surface area contributed by atoms with Crippen molar-refractivity contribution in [1.29, 1.82) is 0 Å². The molecule has 1 aromatic heterocycles. The molecule has 0 spiro atoms. The normalized spacial score (nSPS) is 12.5. The van der Waals surface area contributed by atoms with E-state index in [2.05, 4.69) is 4.98 Å². The minimum atomic E-state index is -1.60. The van der Waals surface area contributed by atoms with E-state index in [1.165, 1.54) is 12.3 Å². The Kier molecular flexibility index (Phi) is 2.48. The molecule has 0 radical (unpaired) electrons. The molecule has 0 saturated carbocycles. The van der Waals surface area contributed by atoms with Gasteiger partial charge in [-0.3, -0.25) is 0 Å². The number of carbonyl (C=O) groups is 1. The minimum absolute atomic E-state index is 0.0421. The first-order valence-corrected chi connectivity index (χ1v) is 3.65. The fourth-order valence-electron chi connectivity index (χ4n) is 0.954. The van der Waals surface area contributed by atoms with Gasteiger partial charge in [-0.1, -0.05) is 0 Å². The molecule has 1 rings (SSSR count).